The van der Waals surface area contributed by atoms with E-state index in [1.165, 1.54) is 47.5 Å². The summed E-state index contributed by atoms with van der Waals surface area (Å²) in [5.74, 6) is -0.104. The third kappa shape index (κ3) is 5.50. The minimum atomic E-state index is -0.539. The summed E-state index contributed by atoms with van der Waals surface area (Å²) in [4.78, 5) is 35.4. The lowest BCUT2D eigenvalue weighted by molar-refractivity contribution is -0.0590. The number of aromatic nitrogens is 5. The fourth-order valence-corrected chi connectivity index (χ4v) is 5.46. The molecule has 0 unspecified atom stereocenters. The molecule has 0 aliphatic carbocycles. The second-order valence-electron chi connectivity index (χ2n) is 9.52. The average molecular weight is 587 g/mol. The fourth-order valence-electron chi connectivity index (χ4n) is 4.49. The smallest absolute Gasteiger partial charge is 0.348 e. The van der Waals surface area contributed by atoms with E-state index in [-0.39, 0.29) is 41.8 Å². The lowest BCUT2D eigenvalue weighted by atomic mass is 10.1. The molecular formula is C29H23FN6O5S. The van der Waals surface area contributed by atoms with Crippen molar-refractivity contribution in [2.45, 2.75) is 32.2 Å². The first kappa shape index (κ1) is 27.3. The number of fused-ring (bicyclic) bond motifs is 1. The molecule has 11 nitrogen and oxygen atoms in total. The lowest BCUT2D eigenvalue weighted by Gasteiger charge is -2.27. The molecule has 0 saturated carbocycles. The van der Waals surface area contributed by atoms with E-state index in [1.807, 2.05) is 10.6 Å². The number of nitriles is 1. The Kier molecular flexibility index (Phi) is 7.47. The van der Waals surface area contributed by atoms with Crippen LogP contribution in [0.25, 0.3) is 21.6 Å². The van der Waals surface area contributed by atoms with E-state index < -0.39 is 11.8 Å². The average Bonchev–Trinajstić information content (AvgIpc) is 3.53. The number of pyridine rings is 1. The Balaban J connectivity index is 1.21. The third-order valence-electron chi connectivity index (χ3n) is 6.83. The second kappa shape index (κ2) is 11.5. The maximum absolute atomic E-state index is 14.2. The molecule has 1 saturated heterocycles. The summed E-state index contributed by atoms with van der Waals surface area (Å²) in [6.45, 7) is 1.28. The molecule has 5 heterocycles. The van der Waals surface area contributed by atoms with E-state index >= 15 is 0 Å². The number of nitrogens with zero attached hydrogens (tertiary/aromatic N) is 6. The summed E-state index contributed by atoms with van der Waals surface area (Å²) in [5.41, 5.74) is 1.88. The quantitative estimate of drug-likeness (QED) is 0.236. The number of hydrogen-bond acceptors (Lipinski definition) is 10. The zero-order valence-electron chi connectivity index (χ0n) is 22.3. The number of ether oxygens (including phenoxy) is 3. The molecule has 13 heteroatoms. The van der Waals surface area contributed by atoms with E-state index in [0.717, 1.165) is 18.0 Å². The van der Waals surface area contributed by atoms with Crippen molar-refractivity contribution in [1.82, 2.24) is 24.3 Å². The van der Waals surface area contributed by atoms with E-state index in [0.29, 0.717) is 39.9 Å². The van der Waals surface area contributed by atoms with Crippen molar-refractivity contribution in [2.24, 2.45) is 0 Å². The molecule has 1 aromatic carbocycles. The van der Waals surface area contributed by atoms with Crippen LogP contribution in [-0.2, 0) is 29.2 Å². The number of thiophene rings is 1. The molecule has 42 heavy (non-hydrogen) atoms. The van der Waals surface area contributed by atoms with Crippen LogP contribution in [0.1, 0.15) is 33.0 Å². The summed E-state index contributed by atoms with van der Waals surface area (Å²) in [7, 11) is 1.33. The number of benzene rings is 1. The minimum Gasteiger partial charge on any atom is -0.473 e. The van der Waals surface area contributed by atoms with E-state index in [1.54, 1.807) is 24.3 Å². The molecule has 5 aromatic rings. The van der Waals surface area contributed by atoms with Crippen molar-refractivity contribution in [2.75, 3.05) is 13.7 Å². The van der Waals surface area contributed by atoms with Gasteiger partial charge in [-0.1, -0.05) is 12.1 Å². The summed E-state index contributed by atoms with van der Waals surface area (Å²) in [5, 5.41) is 13.3. The van der Waals surface area contributed by atoms with Crippen LogP contribution in [-0.4, -0.2) is 50.1 Å². The first-order chi connectivity index (χ1) is 20.4. The Morgan fingerprint density at radius 1 is 1.24 bits per heavy atom. The van der Waals surface area contributed by atoms with E-state index in [9.17, 15) is 14.0 Å². The Labute approximate surface area is 242 Å². The molecule has 0 spiro atoms. The van der Waals surface area contributed by atoms with Crippen LogP contribution < -0.4 is 10.3 Å². The largest absolute Gasteiger partial charge is 0.473 e. The summed E-state index contributed by atoms with van der Waals surface area (Å²) >= 11 is 1.23. The number of esters is 1. The van der Waals surface area contributed by atoms with Gasteiger partial charge in [-0.25, -0.2) is 23.8 Å². The molecule has 4 aromatic heterocycles. The van der Waals surface area contributed by atoms with Gasteiger partial charge in [-0.2, -0.15) is 10.4 Å². The van der Waals surface area contributed by atoms with Crippen LogP contribution in [0.2, 0.25) is 0 Å². The Hall–Kier alpha value is -4.93. The van der Waals surface area contributed by atoms with Gasteiger partial charge < -0.3 is 18.8 Å². The molecule has 1 aliphatic rings. The zero-order valence-corrected chi connectivity index (χ0v) is 23.1. The Bertz CT molecular complexity index is 1900. The fraction of sp³-hybridized carbons (Fsp3) is 0.241. The maximum atomic E-state index is 14.2. The highest BCUT2D eigenvalue weighted by Crippen LogP contribution is 2.29. The van der Waals surface area contributed by atoms with Crippen molar-refractivity contribution in [3.8, 4) is 23.2 Å². The number of carbonyl (C=O) groups excluding carboxylic acids is 1. The molecule has 1 aliphatic heterocycles. The third-order valence-corrected chi connectivity index (χ3v) is 7.83. The lowest BCUT2D eigenvalue weighted by Crippen LogP contribution is -2.32. The summed E-state index contributed by atoms with van der Waals surface area (Å²) in [6, 6.07) is 14.3. The SMILES string of the molecule is COC(=O)c1cc2c(nc(Cn3ncc(-c4cccc(OCc5ccc(C#N)cc5F)n4)cc3=O)n2C[C@@H]2CCO2)s1. The molecule has 1 atom stereocenters. The monoisotopic (exact) mass is 586 g/mol. The van der Waals surface area contributed by atoms with Gasteiger partial charge in [-0.3, -0.25) is 4.79 Å². The van der Waals surface area contributed by atoms with Crippen LogP contribution in [0.15, 0.2) is 59.5 Å². The zero-order chi connectivity index (χ0) is 29.2. The van der Waals surface area contributed by atoms with Gasteiger partial charge in [0.15, 0.2) is 0 Å². The Morgan fingerprint density at radius 3 is 2.81 bits per heavy atom. The highest BCUT2D eigenvalue weighted by Gasteiger charge is 2.24. The van der Waals surface area contributed by atoms with Crippen LogP contribution in [0, 0.1) is 17.1 Å². The first-order valence-corrected chi connectivity index (χ1v) is 13.8. The second-order valence-corrected chi connectivity index (χ2v) is 10.6. The normalized spacial score (nSPS) is 14.4. The van der Waals surface area contributed by atoms with Gasteiger partial charge >= 0.3 is 5.97 Å². The van der Waals surface area contributed by atoms with Gasteiger partial charge in [0, 0.05) is 29.9 Å². The number of carbonyl (C=O) groups is 1. The van der Waals surface area contributed by atoms with Crippen molar-refractivity contribution < 1.29 is 23.4 Å². The van der Waals surface area contributed by atoms with Crippen molar-refractivity contribution in [3.05, 3.63) is 92.7 Å². The highest BCUT2D eigenvalue weighted by atomic mass is 32.1. The molecule has 0 bridgehead atoms. The number of imidazole rings is 1. The maximum Gasteiger partial charge on any atom is 0.348 e. The van der Waals surface area contributed by atoms with Gasteiger partial charge in [0.25, 0.3) is 5.56 Å². The topological polar surface area (TPSA) is 134 Å². The van der Waals surface area contributed by atoms with Crippen molar-refractivity contribution in [1.29, 1.82) is 5.26 Å². The number of rotatable bonds is 9. The molecule has 0 radical (unpaired) electrons. The van der Waals surface area contributed by atoms with Gasteiger partial charge in [0.05, 0.1) is 48.8 Å². The van der Waals surface area contributed by atoms with Crippen molar-refractivity contribution in [3.63, 3.8) is 0 Å². The molecule has 0 N–H and O–H groups in total. The number of hydrogen-bond donors (Lipinski definition) is 0. The predicted molar refractivity (Wildman–Crippen MR) is 150 cm³/mol. The summed E-state index contributed by atoms with van der Waals surface area (Å²) < 4.78 is 33.6. The minimum absolute atomic E-state index is 0.0312. The van der Waals surface area contributed by atoms with Crippen LogP contribution in [0.4, 0.5) is 4.39 Å². The predicted octanol–water partition coefficient (Wildman–Crippen LogP) is 3.93. The highest BCUT2D eigenvalue weighted by molar-refractivity contribution is 7.20. The van der Waals surface area contributed by atoms with Gasteiger partial charge in [0.1, 0.15) is 34.5 Å². The van der Waals surface area contributed by atoms with Gasteiger partial charge in [-0.05, 0) is 30.7 Å². The number of halogens is 1. The van der Waals surface area contributed by atoms with Gasteiger partial charge in [-0.15, -0.1) is 11.3 Å². The molecule has 1 fully saturated rings. The molecular weight excluding hydrogens is 563 g/mol. The van der Waals surface area contributed by atoms with Crippen molar-refractivity contribution >= 4 is 27.7 Å². The summed E-state index contributed by atoms with van der Waals surface area (Å²) in [6.07, 6.45) is 2.48. The standard InChI is InChI=1S/C29H23FN6O5S/c1-39-29(38)24-11-23-28(42-24)34-25(35(23)14-20-7-8-40-20)15-36-27(37)10-19(13-32-36)22-3-2-4-26(33-22)41-16-18-6-5-17(12-31)9-21(18)30/h2-6,9-11,13,20H,7-8,14-16H2,1H3/t20-/m0/s1. The first-order valence-electron chi connectivity index (χ1n) is 13.0. The van der Waals surface area contributed by atoms with E-state index in [4.69, 9.17) is 24.5 Å². The number of methoxy groups -OCH3 is 1. The van der Waals surface area contributed by atoms with Crippen LogP contribution >= 0.6 is 11.3 Å². The van der Waals surface area contributed by atoms with E-state index in [2.05, 4.69) is 10.1 Å². The van der Waals surface area contributed by atoms with Gasteiger partial charge in [0.2, 0.25) is 5.88 Å². The Morgan fingerprint density at radius 2 is 2.10 bits per heavy atom. The van der Waals surface area contributed by atoms with Crippen LogP contribution in [0.5, 0.6) is 5.88 Å². The van der Waals surface area contributed by atoms with Crippen LogP contribution in [0.3, 0.4) is 0 Å². The molecule has 0 amide bonds. The molecule has 6 rings (SSSR count). The molecule has 212 valence electrons.